The molecule has 1 atom stereocenters. The SMILES string of the molecule is CC1COCCN1C(=O)c1cccc(N2C(=O)CCS2(=O)=O)c1. The topological polar surface area (TPSA) is 84.0 Å². The van der Waals surface area contributed by atoms with E-state index in [0.29, 0.717) is 25.3 Å². The Labute approximate surface area is 134 Å². The zero-order valence-corrected chi connectivity index (χ0v) is 13.6. The molecule has 0 spiro atoms. The lowest BCUT2D eigenvalue weighted by Gasteiger charge is -2.33. The Morgan fingerprint density at radius 1 is 1.35 bits per heavy atom. The van der Waals surface area contributed by atoms with E-state index in [4.69, 9.17) is 4.74 Å². The highest BCUT2D eigenvalue weighted by Gasteiger charge is 2.36. The minimum atomic E-state index is -3.63. The second-order valence-corrected chi connectivity index (χ2v) is 7.63. The number of ether oxygens (including phenoxy) is 1. The summed E-state index contributed by atoms with van der Waals surface area (Å²) < 4.78 is 30.1. The zero-order valence-electron chi connectivity index (χ0n) is 12.8. The van der Waals surface area contributed by atoms with Crippen LogP contribution < -0.4 is 4.31 Å². The monoisotopic (exact) mass is 338 g/mol. The quantitative estimate of drug-likeness (QED) is 0.789. The third kappa shape index (κ3) is 2.96. The minimum Gasteiger partial charge on any atom is -0.377 e. The van der Waals surface area contributed by atoms with Gasteiger partial charge in [-0.3, -0.25) is 9.59 Å². The molecule has 0 saturated carbocycles. The summed E-state index contributed by atoms with van der Waals surface area (Å²) in [5.41, 5.74) is 0.588. The molecule has 1 aromatic rings. The van der Waals surface area contributed by atoms with Crippen molar-refractivity contribution in [2.45, 2.75) is 19.4 Å². The molecule has 124 valence electrons. The van der Waals surface area contributed by atoms with Crippen molar-refractivity contribution >= 4 is 27.5 Å². The van der Waals surface area contributed by atoms with Crippen LogP contribution in [0.3, 0.4) is 0 Å². The van der Waals surface area contributed by atoms with Gasteiger partial charge in [0.25, 0.3) is 5.91 Å². The predicted molar refractivity (Wildman–Crippen MR) is 83.6 cm³/mol. The highest BCUT2D eigenvalue weighted by atomic mass is 32.2. The van der Waals surface area contributed by atoms with Crippen molar-refractivity contribution in [2.75, 3.05) is 29.8 Å². The van der Waals surface area contributed by atoms with Crippen molar-refractivity contribution in [1.29, 1.82) is 0 Å². The number of carbonyl (C=O) groups excluding carboxylic acids is 2. The molecule has 7 nitrogen and oxygen atoms in total. The summed E-state index contributed by atoms with van der Waals surface area (Å²) in [6, 6.07) is 6.17. The van der Waals surface area contributed by atoms with E-state index in [2.05, 4.69) is 0 Å². The zero-order chi connectivity index (χ0) is 16.6. The van der Waals surface area contributed by atoms with E-state index in [1.165, 1.54) is 12.1 Å². The molecule has 2 fully saturated rings. The maximum atomic E-state index is 12.6. The van der Waals surface area contributed by atoms with Crippen LogP contribution in [0.2, 0.25) is 0 Å². The van der Waals surface area contributed by atoms with Crippen LogP contribution in [0.25, 0.3) is 0 Å². The van der Waals surface area contributed by atoms with Crippen LogP contribution >= 0.6 is 0 Å². The number of amides is 2. The second kappa shape index (κ2) is 5.93. The number of benzene rings is 1. The first-order valence-electron chi connectivity index (χ1n) is 7.45. The fraction of sp³-hybridized carbons (Fsp3) is 0.467. The van der Waals surface area contributed by atoms with Gasteiger partial charge in [0.05, 0.1) is 30.7 Å². The molecule has 8 heteroatoms. The van der Waals surface area contributed by atoms with Gasteiger partial charge in [-0.05, 0) is 25.1 Å². The Kier molecular flexibility index (Phi) is 4.11. The molecule has 2 aliphatic heterocycles. The molecule has 1 unspecified atom stereocenters. The Hall–Kier alpha value is -1.93. The largest absolute Gasteiger partial charge is 0.377 e. The first kappa shape index (κ1) is 15.9. The lowest BCUT2D eigenvalue weighted by Crippen LogP contribution is -2.47. The van der Waals surface area contributed by atoms with Gasteiger partial charge in [-0.1, -0.05) is 6.07 Å². The van der Waals surface area contributed by atoms with Crippen LogP contribution in [-0.2, 0) is 19.6 Å². The summed E-state index contributed by atoms with van der Waals surface area (Å²) in [5, 5.41) is 0. The summed E-state index contributed by atoms with van der Waals surface area (Å²) in [7, 11) is -3.63. The van der Waals surface area contributed by atoms with Gasteiger partial charge in [0.1, 0.15) is 0 Å². The molecule has 23 heavy (non-hydrogen) atoms. The van der Waals surface area contributed by atoms with Crippen LogP contribution in [0.5, 0.6) is 0 Å². The fourth-order valence-corrected chi connectivity index (χ4v) is 4.28. The molecular weight excluding hydrogens is 320 g/mol. The first-order chi connectivity index (χ1) is 10.9. The van der Waals surface area contributed by atoms with Gasteiger partial charge in [-0.2, -0.15) is 0 Å². The number of carbonyl (C=O) groups is 2. The van der Waals surface area contributed by atoms with E-state index in [-0.39, 0.29) is 29.8 Å². The van der Waals surface area contributed by atoms with Crippen molar-refractivity contribution in [2.24, 2.45) is 0 Å². The van der Waals surface area contributed by atoms with Gasteiger partial charge in [-0.25, -0.2) is 12.7 Å². The normalized spacial score (nSPS) is 24.0. The number of sulfonamides is 1. The molecule has 2 heterocycles. The van der Waals surface area contributed by atoms with Gasteiger partial charge in [0.2, 0.25) is 15.9 Å². The van der Waals surface area contributed by atoms with Gasteiger partial charge in [-0.15, -0.1) is 0 Å². The minimum absolute atomic E-state index is 0.0268. The highest BCUT2D eigenvalue weighted by molar-refractivity contribution is 7.94. The lowest BCUT2D eigenvalue weighted by atomic mass is 10.1. The van der Waals surface area contributed by atoms with Gasteiger partial charge < -0.3 is 9.64 Å². The Balaban J connectivity index is 1.91. The Bertz CT molecular complexity index is 746. The second-order valence-electron chi connectivity index (χ2n) is 5.70. The maximum absolute atomic E-state index is 12.6. The van der Waals surface area contributed by atoms with Crippen molar-refractivity contribution in [3.8, 4) is 0 Å². The molecule has 1 aromatic carbocycles. The first-order valence-corrected chi connectivity index (χ1v) is 9.06. The number of nitrogens with zero attached hydrogens (tertiary/aromatic N) is 2. The third-order valence-corrected chi connectivity index (χ3v) is 5.73. The lowest BCUT2D eigenvalue weighted by molar-refractivity contribution is -0.116. The van der Waals surface area contributed by atoms with Crippen LogP contribution in [0.1, 0.15) is 23.7 Å². The maximum Gasteiger partial charge on any atom is 0.254 e. The molecule has 2 aliphatic rings. The predicted octanol–water partition coefficient (Wildman–Crippen LogP) is 0.614. The van der Waals surface area contributed by atoms with Crippen LogP contribution in [0.15, 0.2) is 24.3 Å². The number of rotatable bonds is 2. The molecule has 0 N–H and O–H groups in total. The van der Waals surface area contributed by atoms with E-state index in [1.807, 2.05) is 6.92 Å². The molecule has 0 radical (unpaired) electrons. The smallest absolute Gasteiger partial charge is 0.254 e. The molecular formula is C15H18N2O5S. The van der Waals surface area contributed by atoms with E-state index in [9.17, 15) is 18.0 Å². The molecule has 2 saturated heterocycles. The van der Waals surface area contributed by atoms with Crippen LogP contribution in [-0.4, -0.2) is 56.7 Å². The average molecular weight is 338 g/mol. The summed E-state index contributed by atoms with van der Waals surface area (Å²) >= 11 is 0. The summed E-state index contributed by atoms with van der Waals surface area (Å²) in [6.45, 7) is 3.35. The van der Waals surface area contributed by atoms with E-state index < -0.39 is 15.9 Å². The third-order valence-electron chi connectivity index (χ3n) is 4.03. The van der Waals surface area contributed by atoms with Crippen LogP contribution in [0.4, 0.5) is 5.69 Å². The number of anilines is 1. The summed E-state index contributed by atoms with van der Waals surface area (Å²) in [5.74, 6) is -0.842. The van der Waals surface area contributed by atoms with Gasteiger partial charge in [0.15, 0.2) is 0 Å². The Morgan fingerprint density at radius 2 is 2.13 bits per heavy atom. The summed E-state index contributed by atoms with van der Waals surface area (Å²) in [4.78, 5) is 26.2. The molecule has 3 rings (SSSR count). The van der Waals surface area contributed by atoms with Crippen molar-refractivity contribution in [3.63, 3.8) is 0 Å². The molecule has 0 aliphatic carbocycles. The number of morpholine rings is 1. The fourth-order valence-electron chi connectivity index (χ4n) is 2.83. The standard InChI is InChI=1S/C15H18N2O5S/c1-11-10-22-7-6-16(11)15(19)12-3-2-4-13(9-12)17-14(18)5-8-23(17,20)21/h2-4,9,11H,5-8,10H2,1H3. The van der Waals surface area contributed by atoms with E-state index in [1.54, 1.807) is 17.0 Å². The van der Waals surface area contributed by atoms with E-state index >= 15 is 0 Å². The van der Waals surface area contributed by atoms with Gasteiger partial charge >= 0.3 is 0 Å². The van der Waals surface area contributed by atoms with Crippen LogP contribution in [0, 0.1) is 0 Å². The summed E-state index contributed by atoms with van der Waals surface area (Å²) in [6.07, 6.45) is -0.0268. The Morgan fingerprint density at radius 3 is 2.78 bits per heavy atom. The number of hydrogen-bond donors (Lipinski definition) is 0. The highest BCUT2D eigenvalue weighted by Crippen LogP contribution is 2.26. The van der Waals surface area contributed by atoms with E-state index in [0.717, 1.165) is 4.31 Å². The molecule has 2 amide bonds. The average Bonchev–Trinajstić information content (AvgIpc) is 2.80. The molecule has 0 aromatic heterocycles. The van der Waals surface area contributed by atoms with Crippen molar-refractivity contribution in [1.82, 2.24) is 4.90 Å². The number of hydrogen-bond acceptors (Lipinski definition) is 5. The molecule has 0 bridgehead atoms. The van der Waals surface area contributed by atoms with Crippen molar-refractivity contribution < 1.29 is 22.7 Å². The van der Waals surface area contributed by atoms with Crippen molar-refractivity contribution in [3.05, 3.63) is 29.8 Å². The van der Waals surface area contributed by atoms with Gasteiger partial charge in [0, 0.05) is 18.5 Å².